The number of nitrogens with zero attached hydrogens (tertiary/aromatic N) is 3. The normalized spacial score (nSPS) is 17.2. The van der Waals surface area contributed by atoms with Crippen LogP contribution in [0, 0.1) is 0 Å². The Kier molecular flexibility index (Phi) is 7.17. The molecule has 7 heteroatoms. The monoisotopic (exact) mass is 436 g/mol. The number of imide groups is 1. The highest BCUT2D eigenvalue weighted by Gasteiger charge is 2.32. The van der Waals surface area contributed by atoms with Crippen LogP contribution in [-0.4, -0.2) is 84.8 Å². The lowest BCUT2D eigenvalue weighted by molar-refractivity contribution is -0.122. The summed E-state index contributed by atoms with van der Waals surface area (Å²) in [6.07, 6.45) is 3.32. The number of carbonyl (C=O) groups is 3. The predicted octanol–water partition coefficient (Wildman–Crippen LogP) is 2.36. The van der Waals surface area contributed by atoms with Crippen LogP contribution in [-0.2, 0) is 4.79 Å². The van der Waals surface area contributed by atoms with Crippen molar-refractivity contribution in [2.45, 2.75) is 26.2 Å². The fourth-order valence-electron chi connectivity index (χ4n) is 4.56. The van der Waals surface area contributed by atoms with E-state index in [2.05, 4.69) is 22.0 Å². The van der Waals surface area contributed by atoms with E-state index in [1.54, 1.807) is 12.1 Å². The fourth-order valence-corrected chi connectivity index (χ4v) is 4.56. The molecule has 2 heterocycles. The van der Waals surface area contributed by atoms with Gasteiger partial charge >= 0.3 is 0 Å². The number of unbranched alkanes of at least 4 members (excludes halogenated alkanes) is 2. The summed E-state index contributed by atoms with van der Waals surface area (Å²) in [5.41, 5.74) is 1.21. The van der Waals surface area contributed by atoms with E-state index in [-0.39, 0.29) is 17.7 Å². The van der Waals surface area contributed by atoms with E-state index in [0.29, 0.717) is 30.8 Å². The van der Waals surface area contributed by atoms with E-state index in [4.69, 9.17) is 0 Å². The Morgan fingerprint density at radius 3 is 2.12 bits per heavy atom. The van der Waals surface area contributed by atoms with Gasteiger partial charge in [0.25, 0.3) is 11.8 Å². The van der Waals surface area contributed by atoms with Crippen molar-refractivity contribution in [3.8, 4) is 0 Å². The number of benzene rings is 2. The molecule has 0 spiro atoms. The molecule has 0 aliphatic carbocycles. The summed E-state index contributed by atoms with van der Waals surface area (Å²) in [5.74, 6) is -0.331. The number of nitrogens with one attached hydrogen (secondary N) is 1. The van der Waals surface area contributed by atoms with Crippen molar-refractivity contribution in [1.29, 1.82) is 0 Å². The fraction of sp³-hybridized carbons (Fsp3) is 0.480. The maximum Gasteiger partial charge on any atom is 0.261 e. The average Bonchev–Trinajstić information content (AvgIpc) is 2.81. The van der Waals surface area contributed by atoms with Crippen LogP contribution in [0.25, 0.3) is 10.8 Å². The van der Waals surface area contributed by atoms with Gasteiger partial charge in [-0.1, -0.05) is 44.0 Å². The number of carbonyl (C=O) groups excluding carboxylic acids is 3. The molecular formula is C25H32N4O3. The lowest BCUT2D eigenvalue weighted by Crippen LogP contribution is -2.52. The molecule has 4 rings (SSSR count). The van der Waals surface area contributed by atoms with Gasteiger partial charge in [-0.15, -0.1) is 0 Å². The van der Waals surface area contributed by atoms with Gasteiger partial charge in [-0.2, -0.15) is 0 Å². The van der Waals surface area contributed by atoms with Gasteiger partial charge in [0.15, 0.2) is 0 Å². The molecule has 0 bridgehead atoms. The lowest BCUT2D eigenvalue weighted by atomic mass is 9.94. The van der Waals surface area contributed by atoms with Crippen LogP contribution in [0.3, 0.4) is 0 Å². The van der Waals surface area contributed by atoms with E-state index in [1.165, 1.54) is 4.90 Å². The summed E-state index contributed by atoms with van der Waals surface area (Å²) in [6, 6.07) is 11.2. The Morgan fingerprint density at radius 2 is 1.50 bits per heavy atom. The number of piperazine rings is 1. The third-order valence-corrected chi connectivity index (χ3v) is 6.43. The van der Waals surface area contributed by atoms with E-state index >= 15 is 0 Å². The Balaban J connectivity index is 1.27. The molecule has 2 aliphatic heterocycles. The van der Waals surface area contributed by atoms with Crippen LogP contribution in [0.4, 0.5) is 0 Å². The number of hydrogen-bond acceptors (Lipinski definition) is 5. The van der Waals surface area contributed by atoms with Gasteiger partial charge in [0.2, 0.25) is 5.91 Å². The van der Waals surface area contributed by atoms with E-state index in [0.717, 1.165) is 62.8 Å². The molecule has 1 saturated heterocycles. The van der Waals surface area contributed by atoms with Crippen LogP contribution < -0.4 is 5.32 Å². The second-order valence-electron chi connectivity index (χ2n) is 8.65. The zero-order valence-corrected chi connectivity index (χ0v) is 18.8. The summed E-state index contributed by atoms with van der Waals surface area (Å²) in [6.45, 7) is 7.63. The highest BCUT2D eigenvalue weighted by Crippen LogP contribution is 2.29. The van der Waals surface area contributed by atoms with Crippen LogP contribution in [0.15, 0.2) is 36.4 Å². The van der Waals surface area contributed by atoms with Gasteiger partial charge in [0.1, 0.15) is 0 Å². The molecule has 3 amide bonds. The van der Waals surface area contributed by atoms with E-state index in [9.17, 15) is 14.4 Å². The zero-order chi connectivity index (χ0) is 22.5. The molecule has 170 valence electrons. The van der Waals surface area contributed by atoms with Crippen molar-refractivity contribution in [2.24, 2.45) is 0 Å². The highest BCUT2D eigenvalue weighted by molar-refractivity contribution is 6.25. The molecule has 0 saturated carbocycles. The van der Waals surface area contributed by atoms with Gasteiger partial charge in [0.05, 0.1) is 6.54 Å². The van der Waals surface area contributed by atoms with Crippen molar-refractivity contribution in [3.05, 3.63) is 47.5 Å². The SMILES string of the molecule is CCCCCNC(=O)CN1CCN(CCN2C(=O)c3cccc4cccc(c34)C2=O)CC1. The Hall–Kier alpha value is -2.77. The van der Waals surface area contributed by atoms with Gasteiger partial charge in [-0.05, 0) is 23.9 Å². The van der Waals surface area contributed by atoms with Gasteiger partial charge < -0.3 is 5.32 Å². The summed E-state index contributed by atoms with van der Waals surface area (Å²) in [5, 5.41) is 4.68. The van der Waals surface area contributed by atoms with Crippen molar-refractivity contribution >= 4 is 28.5 Å². The van der Waals surface area contributed by atoms with Gasteiger partial charge in [-0.25, -0.2) is 0 Å². The lowest BCUT2D eigenvalue weighted by Gasteiger charge is -2.35. The zero-order valence-electron chi connectivity index (χ0n) is 18.8. The highest BCUT2D eigenvalue weighted by atomic mass is 16.2. The molecule has 0 aromatic heterocycles. The van der Waals surface area contributed by atoms with Gasteiger partial charge in [0, 0.05) is 62.3 Å². The number of rotatable bonds is 9. The Labute approximate surface area is 189 Å². The first-order valence-corrected chi connectivity index (χ1v) is 11.7. The third kappa shape index (κ3) is 4.84. The Bertz CT molecular complexity index is 947. The van der Waals surface area contributed by atoms with Crippen molar-refractivity contribution in [1.82, 2.24) is 20.0 Å². The van der Waals surface area contributed by atoms with Crippen molar-refractivity contribution in [2.75, 3.05) is 52.4 Å². The molecule has 7 nitrogen and oxygen atoms in total. The summed E-state index contributed by atoms with van der Waals surface area (Å²) in [7, 11) is 0. The van der Waals surface area contributed by atoms with Crippen LogP contribution >= 0.6 is 0 Å². The topological polar surface area (TPSA) is 73.0 Å². The van der Waals surface area contributed by atoms with Crippen molar-refractivity contribution in [3.63, 3.8) is 0 Å². The number of amides is 3. The minimum absolute atomic E-state index is 0.0897. The number of hydrogen-bond donors (Lipinski definition) is 1. The predicted molar refractivity (Wildman–Crippen MR) is 125 cm³/mol. The first-order chi connectivity index (χ1) is 15.6. The molecular weight excluding hydrogens is 404 g/mol. The van der Waals surface area contributed by atoms with Crippen LogP contribution in [0.5, 0.6) is 0 Å². The average molecular weight is 437 g/mol. The minimum atomic E-state index is -0.210. The quantitative estimate of drug-likeness (QED) is 0.483. The minimum Gasteiger partial charge on any atom is -0.355 e. The first kappa shape index (κ1) is 22.4. The molecule has 0 atom stereocenters. The molecule has 0 radical (unpaired) electrons. The Morgan fingerprint density at radius 1 is 0.875 bits per heavy atom. The molecule has 0 unspecified atom stereocenters. The molecule has 2 aliphatic rings. The summed E-state index contributed by atoms with van der Waals surface area (Å²) in [4.78, 5) is 43.9. The standard InChI is InChI=1S/C25H32N4O3/c1-2-3-4-11-26-22(30)18-28-14-12-27(13-15-28)16-17-29-24(31)20-9-5-7-19-8-6-10-21(23(19)20)25(29)32/h5-10H,2-4,11-18H2,1H3,(H,26,30). The molecule has 32 heavy (non-hydrogen) atoms. The van der Waals surface area contributed by atoms with E-state index in [1.807, 2.05) is 24.3 Å². The summed E-state index contributed by atoms with van der Waals surface area (Å²) >= 11 is 0. The second kappa shape index (κ2) is 10.2. The van der Waals surface area contributed by atoms with E-state index < -0.39 is 0 Å². The first-order valence-electron chi connectivity index (χ1n) is 11.7. The molecule has 2 aromatic carbocycles. The smallest absolute Gasteiger partial charge is 0.261 e. The van der Waals surface area contributed by atoms with Gasteiger partial charge in [-0.3, -0.25) is 29.1 Å². The largest absolute Gasteiger partial charge is 0.355 e. The maximum absolute atomic E-state index is 13.0. The molecule has 1 fully saturated rings. The van der Waals surface area contributed by atoms with Crippen molar-refractivity contribution < 1.29 is 14.4 Å². The van der Waals surface area contributed by atoms with Crippen LogP contribution in [0.2, 0.25) is 0 Å². The maximum atomic E-state index is 13.0. The summed E-state index contributed by atoms with van der Waals surface area (Å²) < 4.78 is 0. The molecule has 1 N–H and O–H groups in total. The van der Waals surface area contributed by atoms with Crippen LogP contribution in [0.1, 0.15) is 46.9 Å². The third-order valence-electron chi connectivity index (χ3n) is 6.43. The second-order valence-corrected chi connectivity index (χ2v) is 8.65. The molecule has 2 aromatic rings.